The summed E-state index contributed by atoms with van der Waals surface area (Å²) in [5.74, 6) is 1.04. The minimum absolute atomic E-state index is 0.169. The molecule has 1 atom stereocenters. The molecule has 0 aliphatic carbocycles. The van der Waals surface area contributed by atoms with E-state index in [4.69, 9.17) is 5.10 Å². The summed E-state index contributed by atoms with van der Waals surface area (Å²) in [6.07, 6.45) is 6.15. The number of rotatable bonds is 7. The van der Waals surface area contributed by atoms with Gasteiger partial charge >= 0.3 is 0 Å². The van der Waals surface area contributed by atoms with Gasteiger partial charge in [0.1, 0.15) is 23.3 Å². The molecular weight excluding hydrogens is 528 g/mol. The standard InChI is InChI=1S/C28H26N8O3S/c1-17-12-13-35-24(17)28(37)36(21-10-5-4-6-11-21)27(33-35)18(2)32-26-23-22(15-29-25(23)30-16-31-26)19-8-7-9-20(14-19)34-40(3,38)39/h4-16,18,34H,1-3H3,(H2,29,30,31,32). The van der Waals surface area contributed by atoms with Crippen molar-refractivity contribution in [3.05, 3.63) is 101 Å². The first-order chi connectivity index (χ1) is 19.2. The fourth-order valence-electron chi connectivity index (χ4n) is 4.87. The van der Waals surface area contributed by atoms with Crippen molar-refractivity contribution >= 4 is 38.1 Å². The van der Waals surface area contributed by atoms with E-state index >= 15 is 0 Å². The average molecular weight is 555 g/mol. The minimum atomic E-state index is -3.44. The minimum Gasteiger partial charge on any atom is -0.360 e. The number of fused-ring (bicyclic) bond motifs is 2. The second-order valence-corrected chi connectivity index (χ2v) is 11.3. The Hall–Kier alpha value is -4.97. The predicted molar refractivity (Wildman–Crippen MR) is 155 cm³/mol. The molecule has 6 rings (SSSR count). The Morgan fingerprint density at radius 2 is 1.82 bits per heavy atom. The van der Waals surface area contributed by atoms with Crippen LogP contribution in [0.15, 0.2) is 84.2 Å². The van der Waals surface area contributed by atoms with E-state index in [0.717, 1.165) is 28.3 Å². The third kappa shape index (κ3) is 4.58. The molecule has 202 valence electrons. The van der Waals surface area contributed by atoms with Gasteiger partial charge in [0, 0.05) is 23.6 Å². The Morgan fingerprint density at radius 1 is 1.02 bits per heavy atom. The highest BCUT2D eigenvalue weighted by atomic mass is 32.2. The number of anilines is 2. The van der Waals surface area contributed by atoms with E-state index in [1.54, 1.807) is 33.5 Å². The summed E-state index contributed by atoms with van der Waals surface area (Å²) in [5.41, 5.74) is 4.50. The van der Waals surface area contributed by atoms with E-state index < -0.39 is 16.1 Å². The van der Waals surface area contributed by atoms with Crippen LogP contribution in [0.25, 0.3) is 33.4 Å². The average Bonchev–Trinajstić information content (AvgIpc) is 3.53. The van der Waals surface area contributed by atoms with E-state index in [9.17, 15) is 13.2 Å². The third-order valence-corrected chi connectivity index (χ3v) is 7.22. The fraction of sp³-hybridized carbons (Fsp3) is 0.143. The van der Waals surface area contributed by atoms with Crippen LogP contribution in [0.3, 0.4) is 0 Å². The molecule has 4 heterocycles. The molecule has 40 heavy (non-hydrogen) atoms. The number of hydrogen-bond acceptors (Lipinski definition) is 7. The van der Waals surface area contributed by atoms with Gasteiger partial charge in [-0.2, -0.15) is 5.10 Å². The molecule has 0 aliphatic rings. The highest BCUT2D eigenvalue weighted by Crippen LogP contribution is 2.34. The maximum absolute atomic E-state index is 13.7. The Labute approximate surface area is 229 Å². The zero-order chi connectivity index (χ0) is 28.0. The Bertz CT molecular complexity index is 2050. The number of H-pyrrole nitrogens is 1. The summed E-state index contributed by atoms with van der Waals surface area (Å²) in [6, 6.07) is 17.9. The topological polar surface area (TPSA) is 139 Å². The second-order valence-electron chi connectivity index (χ2n) is 9.60. The lowest BCUT2D eigenvalue weighted by Gasteiger charge is -2.20. The third-order valence-electron chi connectivity index (χ3n) is 6.61. The summed E-state index contributed by atoms with van der Waals surface area (Å²) in [7, 11) is -3.44. The van der Waals surface area contributed by atoms with Crippen LogP contribution in [-0.2, 0) is 10.0 Å². The van der Waals surface area contributed by atoms with Crippen molar-refractivity contribution in [2.24, 2.45) is 0 Å². The van der Waals surface area contributed by atoms with Crippen molar-refractivity contribution in [2.45, 2.75) is 19.9 Å². The molecular formula is C28H26N8O3S. The number of aromatic nitrogens is 6. The van der Waals surface area contributed by atoms with Crippen LogP contribution in [0.4, 0.5) is 11.5 Å². The molecule has 2 aromatic carbocycles. The lowest BCUT2D eigenvalue weighted by molar-refractivity contribution is 0.607. The Balaban J connectivity index is 1.46. The van der Waals surface area contributed by atoms with Gasteiger partial charge in [-0.25, -0.2) is 22.9 Å². The molecule has 3 N–H and O–H groups in total. The van der Waals surface area contributed by atoms with E-state index in [2.05, 4.69) is 25.0 Å². The number of para-hydroxylation sites is 1. The SMILES string of the molecule is Cc1ccn2nc(C(C)Nc3ncnc4[nH]cc(-c5cccc(NS(C)(=O)=O)c5)c34)n(-c3ccccc3)c(=O)c12. The molecule has 0 radical (unpaired) electrons. The molecule has 4 aromatic heterocycles. The van der Waals surface area contributed by atoms with Gasteiger partial charge in [0.2, 0.25) is 10.0 Å². The number of sulfonamides is 1. The van der Waals surface area contributed by atoms with Gasteiger partial charge in [-0.3, -0.25) is 14.1 Å². The first-order valence-electron chi connectivity index (χ1n) is 12.5. The summed E-state index contributed by atoms with van der Waals surface area (Å²) in [5, 5.41) is 8.98. The number of nitrogens with one attached hydrogen (secondary N) is 3. The molecule has 0 saturated carbocycles. The zero-order valence-electron chi connectivity index (χ0n) is 22.0. The lowest BCUT2D eigenvalue weighted by Crippen LogP contribution is -2.29. The van der Waals surface area contributed by atoms with Gasteiger partial charge < -0.3 is 10.3 Å². The quantitative estimate of drug-likeness (QED) is 0.268. The number of benzene rings is 2. The molecule has 0 fully saturated rings. The monoisotopic (exact) mass is 554 g/mol. The van der Waals surface area contributed by atoms with Crippen molar-refractivity contribution in [3.63, 3.8) is 0 Å². The zero-order valence-corrected chi connectivity index (χ0v) is 22.8. The number of aromatic amines is 1. The largest absolute Gasteiger partial charge is 0.360 e. The van der Waals surface area contributed by atoms with Gasteiger partial charge in [0.25, 0.3) is 5.56 Å². The number of nitrogens with zero attached hydrogens (tertiary/aromatic N) is 5. The van der Waals surface area contributed by atoms with Crippen molar-refractivity contribution in [2.75, 3.05) is 16.3 Å². The molecule has 0 amide bonds. The van der Waals surface area contributed by atoms with E-state index in [0.29, 0.717) is 34.2 Å². The van der Waals surface area contributed by atoms with Gasteiger partial charge in [-0.05, 0) is 55.3 Å². The lowest BCUT2D eigenvalue weighted by atomic mass is 10.1. The summed E-state index contributed by atoms with van der Waals surface area (Å²) >= 11 is 0. The van der Waals surface area contributed by atoms with Crippen molar-refractivity contribution in [1.82, 2.24) is 29.1 Å². The van der Waals surface area contributed by atoms with Crippen LogP contribution in [0.1, 0.15) is 24.4 Å². The van der Waals surface area contributed by atoms with Crippen LogP contribution in [-0.4, -0.2) is 43.8 Å². The molecule has 0 saturated heterocycles. The van der Waals surface area contributed by atoms with Gasteiger partial charge in [-0.15, -0.1) is 0 Å². The van der Waals surface area contributed by atoms with Gasteiger partial charge in [0.05, 0.1) is 23.4 Å². The highest BCUT2D eigenvalue weighted by molar-refractivity contribution is 7.92. The Kier molecular flexibility index (Phi) is 6.11. The van der Waals surface area contributed by atoms with E-state index in [-0.39, 0.29) is 5.56 Å². The summed E-state index contributed by atoms with van der Waals surface area (Å²) < 4.78 is 29.3. The molecule has 1 unspecified atom stereocenters. The van der Waals surface area contributed by atoms with Crippen LogP contribution in [0, 0.1) is 6.92 Å². The van der Waals surface area contributed by atoms with Crippen molar-refractivity contribution in [3.8, 4) is 16.8 Å². The first kappa shape index (κ1) is 25.3. The maximum atomic E-state index is 13.7. The van der Waals surface area contributed by atoms with Crippen molar-refractivity contribution < 1.29 is 8.42 Å². The highest BCUT2D eigenvalue weighted by Gasteiger charge is 2.22. The Morgan fingerprint density at radius 3 is 2.60 bits per heavy atom. The van der Waals surface area contributed by atoms with Gasteiger partial charge in [-0.1, -0.05) is 30.3 Å². The predicted octanol–water partition coefficient (Wildman–Crippen LogP) is 4.28. The molecule has 0 aliphatic heterocycles. The van der Waals surface area contributed by atoms with Gasteiger partial charge in [0.15, 0.2) is 5.82 Å². The maximum Gasteiger partial charge on any atom is 0.282 e. The normalized spacial score (nSPS) is 12.6. The first-order valence-corrected chi connectivity index (χ1v) is 14.4. The fourth-order valence-corrected chi connectivity index (χ4v) is 5.43. The smallest absolute Gasteiger partial charge is 0.282 e. The van der Waals surface area contributed by atoms with Crippen LogP contribution >= 0.6 is 0 Å². The number of aryl methyl sites for hydroxylation is 1. The van der Waals surface area contributed by atoms with Crippen LogP contribution in [0.2, 0.25) is 0 Å². The van der Waals surface area contributed by atoms with Crippen LogP contribution in [0.5, 0.6) is 0 Å². The second kappa shape index (κ2) is 9.65. The summed E-state index contributed by atoms with van der Waals surface area (Å²) in [6.45, 7) is 3.81. The van der Waals surface area contributed by atoms with E-state index in [1.165, 1.54) is 6.33 Å². The van der Waals surface area contributed by atoms with Crippen molar-refractivity contribution in [1.29, 1.82) is 0 Å². The number of hydrogen-bond donors (Lipinski definition) is 3. The van der Waals surface area contributed by atoms with E-state index in [1.807, 2.05) is 62.5 Å². The molecule has 6 aromatic rings. The molecule has 11 nitrogen and oxygen atoms in total. The summed E-state index contributed by atoms with van der Waals surface area (Å²) in [4.78, 5) is 25.8. The molecule has 0 spiro atoms. The van der Waals surface area contributed by atoms with Crippen LogP contribution < -0.4 is 15.6 Å². The molecule has 0 bridgehead atoms. The molecule has 12 heteroatoms.